The van der Waals surface area contributed by atoms with E-state index in [4.69, 9.17) is 18.9 Å². The van der Waals surface area contributed by atoms with Crippen LogP contribution in [0.4, 0.5) is 4.79 Å². The van der Waals surface area contributed by atoms with Crippen LogP contribution in [0.15, 0.2) is 18.2 Å². The molecule has 0 atom stereocenters. The molecule has 0 saturated carbocycles. The number of nitrogens with zero attached hydrogens (tertiary/aromatic N) is 1. The quantitative estimate of drug-likeness (QED) is 0.482. The van der Waals surface area contributed by atoms with E-state index in [0.29, 0.717) is 37.7 Å². The average molecular weight is 381 g/mol. The van der Waals surface area contributed by atoms with E-state index in [1.807, 2.05) is 20.8 Å². The molecule has 0 aliphatic carbocycles. The summed E-state index contributed by atoms with van der Waals surface area (Å²) in [6.07, 6.45) is 0.438. The van der Waals surface area contributed by atoms with Crippen molar-refractivity contribution in [1.82, 2.24) is 4.90 Å². The van der Waals surface area contributed by atoms with Gasteiger partial charge in [-0.25, -0.2) is 4.79 Å². The molecule has 0 N–H and O–H groups in total. The van der Waals surface area contributed by atoms with Crippen LogP contribution < -0.4 is 9.47 Å². The van der Waals surface area contributed by atoms with E-state index in [2.05, 4.69) is 0 Å². The van der Waals surface area contributed by atoms with Crippen molar-refractivity contribution in [3.8, 4) is 11.5 Å². The number of methoxy groups -OCH3 is 1. The van der Waals surface area contributed by atoms with E-state index in [1.165, 1.54) is 4.90 Å². The van der Waals surface area contributed by atoms with Crippen molar-refractivity contribution in [3.05, 3.63) is 23.8 Å². The lowest BCUT2D eigenvalue weighted by molar-refractivity contribution is -0.142. The number of hydrogen-bond donors (Lipinski definition) is 0. The minimum atomic E-state index is -0.519. The van der Waals surface area contributed by atoms with Gasteiger partial charge in [-0.3, -0.25) is 4.79 Å². The molecule has 0 aliphatic rings. The summed E-state index contributed by atoms with van der Waals surface area (Å²) in [6.45, 7) is 8.51. The summed E-state index contributed by atoms with van der Waals surface area (Å²) >= 11 is 0. The van der Waals surface area contributed by atoms with Crippen LogP contribution in [0.1, 0.15) is 39.7 Å². The highest BCUT2D eigenvalue weighted by atomic mass is 16.6. The molecule has 1 amide bonds. The molecule has 27 heavy (non-hydrogen) atoms. The second-order valence-corrected chi connectivity index (χ2v) is 7.07. The van der Waals surface area contributed by atoms with E-state index >= 15 is 0 Å². The van der Waals surface area contributed by atoms with Gasteiger partial charge in [0.2, 0.25) is 0 Å². The third-order valence-corrected chi connectivity index (χ3v) is 3.48. The van der Waals surface area contributed by atoms with E-state index < -0.39 is 5.60 Å². The molecule has 0 fully saturated rings. The Labute approximate surface area is 161 Å². The van der Waals surface area contributed by atoms with Crippen molar-refractivity contribution in [1.29, 1.82) is 0 Å². The van der Waals surface area contributed by atoms with Crippen LogP contribution in [0.3, 0.4) is 0 Å². The predicted molar refractivity (Wildman–Crippen MR) is 102 cm³/mol. The summed E-state index contributed by atoms with van der Waals surface area (Å²) in [6, 6.07) is 5.34. The van der Waals surface area contributed by atoms with Gasteiger partial charge in [-0.15, -0.1) is 0 Å². The van der Waals surface area contributed by atoms with Crippen LogP contribution in [0.25, 0.3) is 0 Å². The monoisotopic (exact) mass is 381 g/mol. The lowest BCUT2D eigenvalue weighted by Gasteiger charge is -2.24. The smallest absolute Gasteiger partial charge is 0.410 e. The highest BCUT2D eigenvalue weighted by Gasteiger charge is 2.19. The number of benzene rings is 1. The van der Waals surface area contributed by atoms with Crippen molar-refractivity contribution in [2.75, 3.05) is 33.9 Å². The Kier molecular flexibility index (Phi) is 8.91. The molecule has 0 radical (unpaired) electrons. The molecule has 7 heteroatoms. The molecule has 0 spiro atoms. The lowest BCUT2D eigenvalue weighted by Crippen LogP contribution is -2.35. The first kappa shape index (κ1) is 22.6. The van der Waals surface area contributed by atoms with Gasteiger partial charge in [0.25, 0.3) is 0 Å². The Morgan fingerprint density at radius 2 is 1.85 bits per heavy atom. The maximum atomic E-state index is 11.9. The van der Waals surface area contributed by atoms with Crippen LogP contribution >= 0.6 is 0 Å². The van der Waals surface area contributed by atoms with E-state index in [9.17, 15) is 9.59 Å². The number of hydrogen-bond acceptors (Lipinski definition) is 6. The molecule has 0 saturated heterocycles. The van der Waals surface area contributed by atoms with Crippen LogP contribution in [-0.4, -0.2) is 56.5 Å². The maximum absolute atomic E-state index is 11.9. The number of carbonyl (C=O) groups is 2. The SMILES string of the molecule is CCOC(=O)Cc1ccc(OC)c(OCCCN(C)C(=O)OC(C)(C)C)c1. The van der Waals surface area contributed by atoms with Gasteiger partial charge < -0.3 is 23.8 Å². The lowest BCUT2D eigenvalue weighted by atomic mass is 10.1. The first-order chi connectivity index (χ1) is 12.7. The molecule has 0 aliphatic heterocycles. The van der Waals surface area contributed by atoms with Crippen LogP contribution in [0, 0.1) is 0 Å². The Bertz CT molecular complexity index is 623. The average Bonchev–Trinajstić information content (AvgIpc) is 2.57. The van der Waals surface area contributed by atoms with Gasteiger partial charge in [0.15, 0.2) is 11.5 Å². The van der Waals surface area contributed by atoms with E-state index in [1.54, 1.807) is 39.3 Å². The zero-order chi connectivity index (χ0) is 20.4. The molecule has 1 aromatic carbocycles. The van der Waals surface area contributed by atoms with Crippen molar-refractivity contribution in [2.24, 2.45) is 0 Å². The molecule has 0 unspecified atom stereocenters. The Balaban J connectivity index is 2.55. The first-order valence-electron chi connectivity index (χ1n) is 9.05. The minimum Gasteiger partial charge on any atom is -0.493 e. The fourth-order valence-corrected chi connectivity index (χ4v) is 2.24. The Hall–Kier alpha value is -2.44. The third kappa shape index (κ3) is 8.66. The third-order valence-electron chi connectivity index (χ3n) is 3.48. The molecule has 1 rings (SSSR count). The van der Waals surface area contributed by atoms with Crippen LogP contribution in [0.5, 0.6) is 11.5 Å². The van der Waals surface area contributed by atoms with Gasteiger partial charge in [0.05, 0.1) is 26.7 Å². The number of ether oxygens (including phenoxy) is 4. The largest absolute Gasteiger partial charge is 0.493 e. The molecular formula is C20H31NO6. The zero-order valence-corrected chi connectivity index (χ0v) is 17.2. The predicted octanol–water partition coefficient (Wildman–Crippen LogP) is 3.44. The summed E-state index contributed by atoms with van der Waals surface area (Å²) in [5.41, 5.74) is 0.268. The van der Waals surface area contributed by atoms with Crippen LogP contribution in [0.2, 0.25) is 0 Å². The van der Waals surface area contributed by atoms with Crippen molar-refractivity contribution in [2.45, 2.75) is 46.1 Å². The van der Waals surface area contributed by atoms with E-state index in [-0.39, 0.29) is 18.5 Å². The Morgan fingerprint density at radius 1 is 1.15 bits per heavy atom. The highest BCUT2D eigenvalue weighted by Crippen LogP contribution is 2.28. The second-order valence-electron chi connectivity index (χ2n) is 7.07. The highest BCUT2D eigenvalue weighted by molar-refractivity contribution is 5.73. The molecular weight excluding hydrogens is 350 g/mol. The Morgan fingerprint density at radius 3 is 2.44 bits per heavy atom. The number of amides is 1. The topological polar surface area (TPSA) is 74.3 Å². The summed E-state index contributed by atoms with van der Waals surface area (Å²) in [4.78, 5) is 25.1. The maximum Gasteiger partial charge on any atom is 0.410 e. The van der Waals surface area contributed by atoms with Crippen molar-refractivity contribution >= 4 is 12.1 Å². The van der Waals surface area contributed by atoms with Crippen LogP contribution in [-0.2, 0) is 20.7 Å². The molecule has 0 aromatic heterocycles. The standard InChI is InChI=1S/C20H31NO6/c1-7-25-18(22)14-15-9-10-16(24-6)17(13-15)26-12-8-11-21(5)19(23)27-20(2,3)4/h9-10,13H,7-8,11-12,14H2,1-6H3. The number of carbonyl (C=O) groups excluding carboxylic acids is 2. The zero-order valence-electron chi connectivity index (χ0n) is 17.2. The van der Waals surface area contributed by atoms with Gasteiger partial charge in [0.1, 0.15) is 5.60 Å². The van der Waals surface area contributed by atoms with Gasteiger partial charge in [-0.1, -0.05) is 6.07 Å². The number of rotatable bonds is 9. The molecule has 152 valence electrons. The fourth-order valence-electron chi connectivity index (χ4n) is 2.24. The van der Waals surface area contributed by atoms with Gasteiger partial charge >= 0.3 is 12.1 Å². The summed E-state index contributed by atoms with van der Waals surface area (Å²) < 4.78 is 21.4. The van der Waals surface area contributed by atoms with Crippen molar-refractivity contribution < 1.29 is 28.5 Å². The fraction of sp³-hybridized carbons (Fsp3) is 0.600. The summed E-state index contributed by atoms with van der Waals surface area (Å²) in [5.74, 6) is 0.856. The molecule has 0 heterocycles. The number of esters is 1. The van der Waals surface area contributed by atoms with Crippen molar-refractivity contribution in [3.63, 3.8) is 0 Å². The molecule has 7 nitrogen and oxygen atoms in total. The summed E-state index contributed by atoms with van der Waals surface area (Å²) in [5, 5.41) is 0. The van der Waals surface area contributed by atoms with Gasteiger partial charge in [-0.05, 0) is 51.8 Å². The minimum absolute atomic E-state index is 0.176. The molecule has 1 aromatic rings. The van der Waals surface area contributed by atoms with E-state index in [0.717, 1.165) is 5.56 Å². The van der Waals surface area contributed by atoms with Gasteiger partial charge in [-0.2, -0.15) is 0 Å². The normalized spacial score (nSPS) is 10.9. The molecule has 0 bridgehead atoms. The second kappa shape index (κ2) is 10.6. The first-order valence-corrected chi connectivity index (χ1v) is 9.05. The summed E-state index contributed by atoms with van der Waals surface area (Å²) in [7, 11) is 3.25. The van der Waals surface area contributed by atoms with Gasteiger partial charge in [0, 0.05) is 13.6 Å².